The Hall–Kier alpha value is -2.93. The van der Waals surface area contributed by atoms with Gasteiger partial charge in [-0.25, -0.2) is 13.2 Å². The predicted octanol–water partition coefficient (Wildman–Crippen LogP) is 1.85. The Morgan fingerprint density at radius 3 is 1.92 bits per heavy atom. The average molecular weight is 345 g/mol. The predicted molar refractivity (Wildman–Crippen MR) is 88.2 cm³/mol. The van der Waals surface area contributed by atoms with E-state index in [2.05, 4.69) is 0 Å². The lowest BCUT2D eigenvalue weighted by atomic mass is 10.1. The summed E-state index contributed by atoms with van der Waals surface area (Å²) in [6.07, 6.45) is 1.73. The SMILES string of the molecule is Nc1ccc(S(=O)(=O)c2ccc(CC(=O)/C=C\C(=O)O)cc2)cc1. The van der Waals surface area contributed by atoms with Crippen LogP contribution in [0.1, 0.15) is 5.56 Å². The van der Waals surface area contributed by atoms with Gasteiger partial charge in [0.1, 0.15) is 0 Å². The molecule has 6 nitrogen and oxygen atoms in total. The number of carbonyl (C=O) groups is 2. The Balaban J connectivity index is 2.18. The lowest BCUT2D eigenvalue weighted by molar-refractivity contribution is -0.131. The first-order valence-electron chi connectivity index (χ1n) is 6.92. The van der Waals surface area contributed by atoms with Gasteiger partial charge in [0.2, 0.25) is 9.84 Å². The van der Waals surface area contributed by atoms with Gasteiger partial charge in [-0.2, -0.15) is 0 Å². The molecule has 0 radical (unpaired) electrons. The Kier molecular flexibility index (Phi) is 5.15. The lowest BCUT2D eigenvalue weighted by Gasteiger charge is -2.06. The maximum absolute atomic E-state index is 12.5. The zero-order valence-electron chi connectivity index (χ0n) is 12.5. The van der Waals surface area contributed by atoms with E-state index in [1.807, 2.05) is 0 Å². The molecule has 0 aliphatic rings. The molecule has 7 heteroatoms. The number of anilines is 1. The van der Waals surface area contributed by atoms with Crippen LogP contribution >= 0.6 is 0 Å². The van der Waals surface area contributed by atoms with E-state index in [1.54, 1.807) is 0 Å². The normalized spacial score (nSPS) is 11.5. The Bertz CT molecular complexity index is 882. The zero-order chi connectivity index (χ0) is 17.7. The van der Waals surface area contributed by atoms with Crippen molar-refractivity contribution < 1.29 is 23.1 Å². The molecule has 0 amide bonds. The zero-order valence-corrected chi connectivity index (χ0v) is 13.4. The number of nitrogens with two attached hydrogens (primary N) is 1. The van der Waals surface area contributed by atoms with Crippen molar-refractivity contribution in [1.82, 2.24) is 0 Å². The molecule has 0 heterocycles. The summed E-state index contributed by atoms with van der Waals surface area (Å²) in [7, 11) is -3.65. The van der Waals surface area contributed by atoms with Crippen LogP contribution in [0.4, 0.5) is 5.69 Å². The molecule has 2 aromatic rings. The van der Waals surface area contributed by atoms with Crippen LogP contribution in [0, 0.1) is 0 Å². The van der Waals surface area contributed by atoms with Crippen LogP contribution in [-0.2, 0) is 25.8 Å². The highest BCUT2D eigenvalue weighted by Crippen LogP contribution is 2.22. The van der Waals surface area contributed by atoms with E-state index in [9.17, 15) is 18.0 Å². The maximum atomic E-state index is 12.5. The van der Waals surface area contributed by atoms with Gasteiger partial charge in [-0.15, -0.1) is 0 Å². The first-order chi connectivity index (χ1) is 11.3. The van der Waals surface area contributed by atoms with Gasteiger partial charge in [0, 0.05) is 18.2 Å². The summed E-state index contributed by atoms with van der Waals surface area (Å²) < 4.78 is 24.9. The summed E-state index contributed by atoms with van der Waals surface area (Å²) in [5, 5.41) is 8.47. The third kappa shape index (κ3) is 4.30. The van der Waals surface area contributed by atoms with E-state index in [0.717, 1.165) is 12.2 Å². The number of ketones is 1. The minimum absolute atomic E-state index is 0.00796. The number of allylic oxidation sites excluding steroid dienone is 1. The first-order valence-corrected chi connectivity index (χ1v) is 8.41. The van der Waals surface area contributed by atoms with E-state index in [-0.39, 0.29) is 22.0 Å². The van der Waals surface area contributed by atoms with Crippen LogP contribution in [0.15, 0.2) is 70.5 Å². The summed E-state index contributed by atoms with van der Waals surface area (Å²) in [4.78, 5) is 22.2. The number of hydrogen-bond donors (Lipinski definition) is 2. The number of carboxylic acids is 1. The molecule has 0 spiro atoms. The molecule has 3 N–H and O–H groups in total. The molecule has 0 saturated heterocycles. The molecule has 0 atom stereocenters. The highest BCUT2D eigenvalue weighted by molar-refractivity contribution is 7.91. The molecule has 2 aromatic carbocycles. The number of nitrogen functional groups attached to an aromatic ring is 1. The average Bonchev–Trinajstić information content (AvgIpc) is 2.54. The summed E-state index contributed by atoms with van der Waals surface area (Å²) in [6.45, 7) is 0. The van der Waals surface area contributed by atoms with Gasteiger partial charge in [0.15, 0.2) is 5.78 Å². The lowest BCUT2D eigenvalue weighted by Crippen LogP contribution is -2.04. The quantitative estimate of drug-likeness (QED) is 0.610. The van der Waals surface area contributed by atoms with Gasteiger partial charge in [-0.1, -0.05) is 12.1 Å². The van der Waals surface area contributed by atoms with Crippen molar-refractivity contribution in [1.29, 1.82) is 0 Å². The van der Waals surface area contributed by atoms with Crippen molar-refractivity contribution in [3.8, 4) is 0 Å². The van der Waals surface area contributed by atoms with Crippen molar-refractivity contribution in [3.63, 3.8) is 0 Å². The van der Waals surface area contributed by atoms with E-state index < -0.39 is 15.8 Å². The molecule has 0 bridgehead atoms. The van der Waals surface area contributed by atoms with Gasteiger partial charge in [0.25, 0.3) is 0 Å². The van der Waals surface area contributed by atoms with E-state index in [0.29, 0.717) is 11.3 Å². The maximum Gasteiger partial charge on any atom is 0.328 e. The molecule has 124 valence electrons. The fourth-order valence-electron chi connectivity index (χ4n) is 1.99. The molecule has 2 rings (SSSR count). The van der Waals surface area contributed by atoms with E-state index >= 15 is 0 Å². The van der Waals surface area contributed by atoms with E-state index in [4.69, 9.17) is 10.8 Å². The fourth-order valence-corrected chi connectivity index (χ4v) is 3.25. The number of carbonyl (C=O) groups excluding carboxylic acids is 1. The standard InChI is InChI=1S/C17H15NO5S/c18-13-3-8-16(9-4-13)24(22,23)15-6-1-12(2-7-15)11-14(19)5-10-17(20)21/h1-10H,11,18H2,(H,20,21)/b10-5-. The van der Waals surface area contributed by atoms with Crippen LogP contribution in [0.3, 0.4) is 0 Å². The van der Waals surface area contributed by atoms with Gasteiger partial charge in [0.05, 0.1) is 9.79 Å². The monoisotopic (exact) mass is 345 g/mol. The van der Waals surface area contributed by atoms with Crippen molar-refractivity contribution in [2.45, 2.75) is 16.2 Å². The second kappa shape index (κ2) is 7.10. The number of sulfone groups is 1. The minimum Gasteiger partial charge on any atom is -0.478 e. The van der Waals surface area contributed by atoms with Crippen molar-refractivity contribution in [2.75, 3.05) is 5.73 Å². The smallest absolute Gasteiger partial charge is 0.328 e. The third-order valence-corrected chi connectivity index (χ3v) is 5.00. The number of benzene rings is 2. The van der Waals surface area contributed by atoms with E-state index in [1.165, 1.54) is 48.5 Å². The van der Waals surface area contributed by atoms with Gasteiger partial charge < -0.3 is 10.8 Å². The van der Waals surface area contributed by atoms with Crippen LogP contribution in [0.2, 0.25) is 0 Å². The molecule has 0 aromatic heterocycles. The first kappa shape index (κ1) is 17.4. The molecule has 0 aliphatic heterocycles. The minimum atomic E-state index is -3.65. The van der Waals surface area contributed by atoms with Crippen molar-refractivity contribution in [2.24, 2.45) is 0 Å². The van der Waals surface area contributed by atoms with Crippen LogP contribution in [0.5, 0.6) is 0 Å². The topological polar surface area (TPSA) is 115 Å². The Morgan fingerprint density at radius 1 is 0.917 bits per heavy atom. The number of carboxylic acid groups (broad SMARTS) is 1. The Labute approximate surface area is 139 Å². The largest absolute Gasteiger partial charge is 0.478 e. The van der Waals surface area contributed by atoms with Gasteiger partial charge in [-0.3, -0.25) is 4.79 Å². The van der Waals surface area contributed by atoms with Crippen LogP contribution < -0.4 is 5.73 Å². The highest BCUT2D eigenvalue weighted by Gasteiger charge is 2.17. The molecule has 0 fully saturated rings. The highest BCUT2D eigenvalue weighted by atomic mass is 32.2. The Morgan fingerprint density at radius 2 is 1.42 bits per heavy atom. The second-order valence-electron chi connectivity index (χ2n) is 5.03. The number of aliphatic carboxylic acids is 1. The number of hydrogen-bond acceptors (Lipinski definition) is 5. The number of rotatable bonds is 6. The molecule has 0 unspecified atom stereocenters. The molecule has 0 aliphatic carbocycles. The van der Waals surface area contributed by atoms with Crippen LogP contribution in [0.25, 0.3) is 0 Å². The van der Waals surface area contributed by atoms with Crippen molar-refractivity contribution in [3.05, 3.63) is 66.2 Å². The summed E-state index contributed by atoms with van der Waals surface area (Å²) in [5.41, 5.74) is 6.61. The summed E-state index contributed by atoms with van der Waals surface area (Å²) in [6, 6.07) is 11.7. The van der Waals surface area contributed by atoms with Crippen LogP contribution in [-0.4, -0.2) is 25.3 Å². The molecule has 0 saturated carbocycles. The van der Waals surface area contributed by atoms with Crippen molar-refractivity contribution >= 4 is 27.3 Å². The second-order valence-corrected chi connectivity index (χ2v) is 6.98. The molecular weight excluding hydrogens is 330 g/mol. The summed E-state index contributed by atoms with van der Waals surface area (Å²) in [5.74, 6) is -1.58. The summed E-state index contributed by atoms with van der Waals surface area (Å²) >= 11 is 0. The fraction of sp³-hybridized carbons (Fsp3) is 0.0588. The van der Waals surface area contributed by atoms with Gasteiger partial charge >= 0.3 is 5.97 Å². The molecule has 24 heavy (non-hydrogen) atoms. The third-order valence-electron chi connectivity index (χ3n) is 3.21. The molecular formula is C17H15NO5S. The van der Waals surface area contributed by atoms with Gasteiger partial charge in [-0.05, 0) is 48.0 Å².